The molecule has 1 atom stereocenters. The fourth-order valence-electron chi connectivity index (χ4n) is 0.825. The first-order valence-electron chi connectivity index (χ1n) is 3.41. The van der Waals surface area contributed by atoms with E-state index in [0.29, 0.717) is 5.56 Å². The van der Waals surface area contributed by atoms with E-state index in [4.69, 9.17) is 5.73 Å². The Balaban J connectivity index is 2.96. The molecule has 0 saturated carbocycles. The van der Waals surface area contributed by atoms with Gasteiger partial charge >= 0.3 is 0 Å². The molecule has 0 amide bonds. The first-order chi connectivity index (χ1) is 5.56. The Morgan fingerprint density at radius 2 is 1.83 bits per heavy atom. The van der Waals surface area contributed by atoms with Crippen molar-refractivity contribution in [1.82, 2.24) is 0 Å². The standard InChI is InChI=1S/C8H9F2NS/c1-8(11,12-10)6-2-4-7(9)5-3-6/h2-5H,11H2,1H3. The van der Waals surface area contributed by atoms with Gasteiger partial charge in [-0.3, -0.25) is 0 Å². The Morgan fingerprint density at radius 3 is 2.25 bits per heavy atom. The molecule has 0 aromatic heterocycles. The Bertz CT molecular complexity index is 258. The molecule has 1 unspecified atom stereocenters. The van der Waals surface area contributed by atoms with E-state index in [-0.39, 0.29) is 18.0 Å². The molecule has 4 heteroatoms. The second-order valence-electron chi connectivity index (χ2n) is 2.69. The summed E-state index contributed by atoms with van der Waals surface area (Å²) < 4.78 is 24.7. The molecule has 66 valence electrons. The molecular formula is C8H9F2NS. The maximum atomic E-state index is 12.4. The van der Waals surface area contributed by atoms with Gasteiger partial charge in [0.1, 0.15) is 10.7 Å². The number of halogens is 2. The van der Waals surface area contributed by atoms with Gasteiger partial charge in [-0.05, 0) is 24.6 Å². The SMILES string of the molecule is CC(N)(SF)c1ccc(F)cc1. The average Bonchev–Trinajstić information content (AvgIpc) is 2.05. The maximum Gasteiger partial charge on any atom is 0.123 e. The number of hydrogen-bond donors (Lipinski definition) is 1. The quantitative estimate of drug-likeness (QED) is 0.723. The molecule has 0 fully saturated rings. The molecule has 0 bridgehead atoms. The molecule has 0 heterocycles. The molecule has 0 aliphatic rings. The molecule has 0 aliphatic carbocycles. The van der Waals surface area contributed by atoms with Crippen molar-refractivity contribution in [2.24, 2.45) is 5.73 Å². The number of benzene rings is 1. The third-order valence-corrected chi connectivity index (χ3v) is 2.13. The van der Waals surface area contributed by atoms with Crippen LogP contribution in [0, 0.1) is 5.82 Å². The lowest BCUT2D eigenvalue weighted by Gasteiger charge is -2.18. The molecule has 0 aliphatic heterocycles. The molecule has 0 spiro atoms. The van der Waals surface area contributed by atoms with E-state index in [9.17, 15) is 8.28 Å². The van der Waals surface area contributed by atoms with E-state index < -0.39 is 4.87 Å². The minimum Gasteiger partial charge on any atom is -0.311 e. The van der Waals surface area contributed by atoms with Crippen LogP contribution in [0.25, 0.3) is 0 Å². The summed E-state index contributed by atoms with van der Waals surface area (Å²) >= 11 is 0.0414. The van der Waals surface area contributed by atoms with Crippen LogP contribution in [0.2, 0.25) is 0 Å². The van der Waals surface area contributed by atoms with Crippen molar-refractivity contribution >= 4 is 12.1 Å². The second-order valence-corrected chi connectivity index (χ2v) is 3.69. The van der Waals surface area contributed by atoms with Crippen LogP contribution < -0.4 is 5.73 Å². The summed E-state index contributed by atoms with van der Waals surface area (Å²) in [5.74, 6) is -0.349. The van der Waals surface area contributed by atoms with E-state index in [1.54, 1.807) is 0 Å². The third kappa shape index (κ3) is 1.95. The van der Waals surface area contributed by atoms with Gasteiger partial charge in [0.25, 0.3) is 0 Å². The minimum atomic E-state index is -1.09. The molecule has 0 radical (unpaired) electrons. The first-order valence-corrected chi connectivity index (χ1v) is 4.12. The first kappa shape index (κ1) is 9.48. The van der Waals surface area contributed by atoms with Gasteiger partial charge < -0.3 is 5.73 Å². The fraction of sp³-hybridized carbons (Fsp3) is 0.250. The summed E-state index contributed by atoms with van der Waals surface area (Å²) in [5.41, 5.74) is 6.12. The zero-order valence-corrected chi connectivity index (χ0v) is 7.37. The highest BCUT2D eigenvalue weighted by molar-refractivity contribution is 7.95. The maximum absolute atomic E-state index is 12.4. The third-order valence-electron chi connectivity index (χ3n) is 1.58. The van der Waals surface area contributed by atoms with Crippen LogP contribution in [-0.2, 0) is 4.87 Å². The van der Waals surface area contributed by atoms with Crippen LogP contribution in [0.4, 0.5) is 8.28 Å². The molecule has 1 aromatic carbocycles. The Morgan fingerprint density at radius 1 is 1.33 bits per heavy atom. The van der Waals surface area contributed by atoms with Gasteiger partial charge in [0.05, 0.1) is 12.1 Å². The Kier molecular flexibility index (Phi) is 2.69. The molecule has 1 rings (SSSR count). The van der Waals surface area contributed by atoms with Gasteiger partial charge in [0.15, 0.2) is 0 Å². The van der Waals surface area contributed by atoms with Crippen LogP contribution >= 0.6 is 12.1 Å². The van der Waals surface area contributed by atoms with E-state index >= 15 is 0 Å². The predicted octanol–water partition coefficient (Wildman–Crippen LogP) is 2.57. The van der Waals surface area contributed by atoms with Crippen molar-refractivity contribution in [3.63, 3.8) is 0 Å². The molecule has 0 saturated heterocycles. The van der Waals surface area contributed by atoms with Crippen molar-refractivity contribution in [1.29, 1.82) is 0 Å². The summed E-state index contributed by atoms with van der Waals surface area (Å²) in [6.45, 7) is 1.53. The highest BCUT2D eigenvalue weighted by Gasteiger charge is 2.22. The highest BCUT2D eigenvalue weighted by atomic mass is 32.2. The summed E-state index contributed by atoms with van der Waals surface area (Å²) in [6.07, 6.45) is 0. The summed E-state index contributed by atoms with van der Waals surface area (Å²) in [4.78, 5) is -1.09. The zero-order valence-electron chi connectivity index (χ0n) is 6.55. The number of rotatable bonds is 2. The monoisotopic (exact) mass is 189 g/mol. The smallest absolute Gasteiger partial charge is 0.123 e. The van der Waals surface area contributed by atoms with E-state index in [1.807, 2.05) is 0 Å². The van der Waals surface area contributed by atoms with Gasteiger partial charge in [-0.25, -0.2) is 4.39 Å². The molecule has 12 heavy (non-hydrogen) atoms. The van der Waals surface area contributed by atoms with Gasteiger partial charge in [-0.2, -0.15) is 3.89 Å². The van der Waals surface area contributed by atoms with Crippen LogP contribution in [0.3, 0.4) is 0 Å². The minimum absolute atomic E-state index is 0.0414. The molecule has 2 N–H and O–H groups in total. The summed E-state index contributed by atoms with van der Waals surface area (Å²) in [6, 6.07) is 5.47. The fourth-order valence-corrected chi connectivity index (χ4v) is 1.05. The zero-order chi connectivity index (χ0) is 9.19. The van der Waals surface area contributed by atoms with Crippen molar-refractivity contribution in [2.45, 2.75) is 11.8 Å². The van der Waals surface area contributed by atoms with Crippen LogP contribution in [0.1, 0.15) is 12.5 Å². The molecule has 1 nitrogen and oxygen atoms in total. The van der Waals surface area contributed by atoms with E-state index in [0.717, 1.165) is 0 Å². The lowest BCUT2D eigenvalue weighted by molar-refractivity contribution is 0.623. The number of nitrogens with two attached hydrogens (primary N) is 1. The second kappa shape index (κ2) is 3.41. The van der Waals surface area contributed by atoms with E-state index in [1.165, 1.54) is 31.2 Å². The topological polar surface area (TPSA) is 26.0 Å². The predicted molar refractivity (Wildman–Crippen MR) is 46.6 cm³/mol. The van der Waals surface area contributed by atoms with Crippen LogP contribution in [-0.4, -0.2) is 0 Å². The van der Waals surface area contributed by atoms with Crippen molar-refractivity contribution in [3.05, 3.63) is 35.6 Å². The molecule has 1 aromatic rings. The normalized spacial score (nSPS) is 15.7. The van der Waals surface area contributed by atoms with Crippen molar-refractivity contribution < 1.29 is 8.28 Å². The van der Waals surface area contributed by atoms with Crippen molar-refractivity contribution in [3.8, 4) is 0 Å². The lowest BCUT2D eigenvalue weighted by atomic mass is 10.1. The van der Waals surface area contributed by atoms with Crippen LogP contribution in [0.15, 0.2) is 24.3 Å². The van der Waals surface area contributed by atoms with Gasteiger partial charge in [0, 0.05) is 0 Å². The highest BCUT2D eigenvalue weighted by Crippen LogP contribution is 2.30. The van der Waals surface area contributed by atoms with Gasteiger partial charge in [-0.1, -0.05) is 12.1 Å². The average molecular weight is 189 g/mol. The molecular weight excluding hydrogens is 180 g/mol. The van der Waals surface area contributed by atoms with E-state index in [2.05, 4.69) is 0 Å². The summed E-state index contributed by atoms with van der Waals surface area (Å²) in [5, 5.41) is 0. The van der Waals surface area contributed by atoms with Gasteiger partial charge in [-0.15, -0.1) is 0 Å². The lowest BCUT2D eigenvalue weighted by Crippen LogP contribution is -2.27. The Hall–Kier alpha value is -0.610. The van der Waals surface area contributed by atoms with Gasteiger partial charge in [0.2, 0.25) is 0 Å². The van der Waals surface area contributed by atoms with Crippen molar-refractivity contribution in [2.75, 3.05) is 0 Å². The Labute approximate surface area is 74.3 Å². The van der Waals surface area contributed by atoms with Crippen LogP contribution in [0.5, 0.6) is 0 Å². The number of hydrogen-bond acceptors (Lipinski definition) is 2. The summed E-state index contributed by atoms with van der Waals surface area (Å²) in [7, 11) is 0. The largest absolute Gasteiger partial charge is 0.311 e.